The van der Waals surface area contributed by atoms with Crippen molar-refractivity contribution in [1.82, 2.24) is 0 Å². The van der Waals surface area contributed by atoms with Crippen LogP contribution in [0.2, 0.25) is 10.0 Å². The van der Waals surface area contributed by atoms with Gasteiger partial charge in [0.05, 0.1) is 9.50 Å². The van der Waals surface area contributed by atoms with Crippen molar-refractivity contribution in [2.75, 3.05) is 0 Å². The monoisotopic (exact) mass is 363 g/mol. The minimum Gasteiger partial charge on any atom is -0.456 e. The van der Waals surface area contributed by atoms with Gasteiger partial charge in [-0.15, -0.1) is 0 Å². The van der Waals surface area contributed by atoms with Gasteiger partial charge in [0.25, 0.3) is 0 Å². The van der Waals surface area contributed by atoms with Gasteiger partial charge in [-0.25, -0.2) is 4.39 Å². The summed E-state index contributed by atoms with van der Waals surface area (Å²) < 4.78 is 19.5. The quantitative estimate of drug-likeness (QED) is 0.764. The zero-order valence-corrected chi connectivity index (χ0v) is 12.7. The van der Waals surface area contributed by atoms with E-state index in [0.29, 0.717) is 27.5 Å². The summed E-state index contributed by atoms with van der Waals surface area (Å²) in [7, 11) is 0. The molecule has 2 nitrogen and oxygen atoms in total. The smallest absolute Gasteiger partial charge is 0.145 e. The molecule has 0 saturated carbocycles. The van der Waals surface area contributed by atoms with Gasteiger partial charge in [-0.1, -0.05) is 29.3 Å². The SMILES string of the molecule is NCc1ccc(Oc2cc(F)c(Cl)cc2Br)cc1Cl. The van der Waals surface area contributed by atoms with Gasteiger partial charge in [0.1, 0.15) is 17.3 Å². The lowest BCUT2D eigenvalue weighted by Gasteiger charge is -2.10. The van der Waals surface area contributed by atoms with Gasteiger partial charge in [0.15, 0.2) is 0 Å². The summed E-state index contributed by atoms with van der Waals surface area (Å²) in [6, 6.07) is 7.74. The van der Waals surface area contributed by atoms with E-state index in [9.17, 15) is 4.39 Å². The predicted octanol–water partition coefficient (Wildman–Crippen LogP) is 5.15. The second-order valence-corrected chi connectivity index (χ2v) is 5.42. The molecule has 0 aromatic heterocycles. The Hall–Kier alpha value is -0.810. The van der Waals surface area contributed by atoms with Crippen LogP contribution in [0.1, 0.15) is 5.56 Å². The fourth-order valence-electron chi connectivity index (χ4n) is 1.47. The molecule has 0 unspecified atom stereocenters. The van der Waals surface area contributed by atoms with Gasteiger partial charge >= 0.3 is 0 Å². The van der Waals surface area contributed by atoms with Crippen LogP contribution in [-0.4, -0.2) is 0 Å². The van der Waals surface area contributed by atoms with E-state index in [0.717, 1.165) is 5.56 Å². The average molecular weight is 365 g/mol. The maximum absolute atomic E-state index is 13.4. The molecule has 0 spiro atoms. The topological polar surface area (TPSA) is 35.2 Å². The third kappa shape index (κ3) is 3.39. The molecule has 2 rings (SSSR count). The van der Waals surface area contributed by atoms with Crippen molar-refractivity contribution in [3.63, 3.8) is 0 Å². The van der Waals surface area contributed by atoms with Crippen molar-refractivity contribution in [1.29, 1.82) is 0 Å². The lowest BCUT2D eigenvalue weighted by molar-refractivity contribution is 0.473. The molecule has 19 heavy (non-hydrogen) atoms. The van der Waals surface area contributed by atoms with Gasteiger partial charge in [0, 0.05) is 17.6 Å². The predicted molar refractivity (Wildman–Crippen MR) is 78.5 cm³/mol. The summed E-state index contributed by atoms with van der Waals surface area (Å²) >= 11 is 14.9. The fraction of sp³-hybridized carbons (Fsp3) is 0.0769. The summed E-state index contributed by atoms with van der Waals surface area (Å²) in [5.74, 6) is 0.257. The van der Waals surface area contributed by atoms with Gasteiger partial charge in [-0.2, -0.15) is 0 Å². The minimum absolute atomic E-state index is 0.0238. The van der Waals surface area contributed by atoms with Crippen LogP contribution >= 0.6 is 39.1 Å². The highest BCUT2D eigenvalue weighted by Gasteiger charge is 2.10. The van der Waals surface area contributed by atoms with E-state index >= 15 is 0 Å². The molecule has 0 radical (unpaired) electrons. The third-order valence-electron chi connectivity index (χ3n) is 2.45. The second kappa shape index (κ2) is 6.09. The van der Waals surface area contributed by atoms with E-state index in [1.807, 2.05) is 0 Å². The van der Waals surface area contributed by atoms with Gasteiger partial charge < -0.3 is 10.5 Å². The molecule has 0 amide bonds. The molecule has 0 aliphatic rings. The first-order valence-electron chi connectivity index (χ1n) is 5.32. The molecular formula is C13H9BrCl2FNO. The molecular weight excluding hydrogens is 356 g/mol. The lowest BCUT2D eigenvalue weighted by Crippen LogP contribution is -1.97. The number of halogens is 4. The molecule has 2 N–H and O–H groups in total. The second-order valence-electron chi connectivity index (χ2n) is 3.76. The number of hydrogen-bond acceptors (Lipinski definition) is 2. The van der Waals surface area contributed by atoms with E-state index < -0.39 is 5.82 Å². The molecule has 0 aliphatic carbocycles. The number of nitrogens with two attached hydrogens (primary N) is 1. The van der Waals surface area contributed by atoms with Crippen molar-refractivity contribution < 1.29 is 9.13 Å². The lowest BCUT2D eigenvalue weighted by atomic mass is 10.2. The van der Waals surface area contributed by atoms with Crippen molar-refractivity contribution in [3.8, 4) is 11.5 Å². The Morgan fingerprint density at radius 3 is 2.53 bits per heavy atom. The van der Waals surface area contributed by atoms with Gasteiger partial charge in [-0.3, -0.25) is 0 Å². The summed E-state index contributed by atoms with van der Waals surface area (Å²) in [5, 5.41) is 0.529. The average Bonchev–Trinajstić information content (AvgIpc) is 2.36. The number of ether oxygens (including phenoxy) is 1. The third-order valence-corrected chi connectivity index (χ3v) is 3.71. The minimum atomic E-state index is -0.551. The van der Waals surface area contributed by atoms with Crippen molar-refractivity contribution in [2.24, 2.45) is 5.73 Å². The summed E-state index contributed by atoms with van der Waals surface area (Å²) in [6.45, 7) is 0.346. The summed E-state index contributed by atoms with van der Waals surface area (Å²) in [5.41, 5.74) is 6.33. The summed E-state index contributed by atoms with van der Waals surface area (Å²) in [4.78, 5) is 0. The standard InChI is InChI=1S/C13H9BrCl2FNO/c14-9-4-11(16)12(17)5-13(9)19-8-2-1-7(6-18)10(15)3-8/h1-5H,6,18H2. The van der Waals surface area contributed by atoms with Crippen LogP contribution in [0.15, 0.2) is 34.8 Å². The Morgan fingerprint density at radius 1 is 1.16 bits per heavy atom. The Morgan fingerprint density at radius 2 is 1.89 bits per heavy atom. The van der Waals surface area contributed by atoms with Crippen molar-refractivity contribution in [3.05, 3.63) is 56.2 Å². The fourth-order valence-corrected chi connectivity index (χ4v) is 2.43. The summed E-state index contributed by atoms with van der Waals surface area (Å²) in [6.07, 6.45) is 0. The maximum atomic E-state index is 13.4. The number of rotatable bonds is 3. The normalized spacial score (nSPS) is 10.6. The highest BCUT2D eigenvalue weighted by Crippen LogP contribution is 2.34. The molecule has 100 valence electrons. The number of benzene rings is 2. The van der Waals surface area contributed by atoms with E-state index in [1.54, 1.807) is 18.2 Å². The Labute approximate surface area is 128 Å². The molecule has 0 fully saturated rings. The van der Waals surface area contributed by atoms with Crippen LogP contribution in [-0.2, 0) is 6.54 Å². The molecule has 2 aromatic carbocycles. The maximum Gasteiger partial charge on any atom is 0.145 e. The Balaban J connectivity index is 2.31. The molecule has 0 bridgehead atoms. The van der Waals surface area contributed by atoms with E-state index in [1.165, 1.54) is 12.1 Å². The molecule has 0 saturated heterocycles. The Kier molecular flexibility index (Phi) is 4.68. The van der Waals surface area contributed by atoms with Crippen LogP contribution in [0.5, 0.6) is 11.5 Å². The van der Waals surface area contributed by atoms with Crippen LogP contribution in [0.3, 0.4) is 0 Å². The van der Waals surface area contributed by atoms with Gasteiger partial charge in [-0.05, 0) is 39.7 Å². The highest BCUT2D eigenvalue weighted by atomic mass is 79.9. The van der Waals surface area contributed by atoms with Crippen LogP contribution in [0, 0.1) is 5.82 Å². The Bertz CT molecular complexity index is 622. The first-order valence-corrected chi connectivity index (χ1v) is 6.87. The van der Waals surface area contributed by atoms with Crippen molar-refractivity contribution >= 4 is 39.1 Å². The molecule has 0 aliphatic heterocycles. The zero-order chi connectivity index (χ0) is 14.0. The molecule has 6 heteroatoms. The van der Waals surface area contributed by atoms with Gasteiger partial charge in [0.2, 0.25) is 0 Å². The largest absolute Gasteiger partial charge is 0.456 e. The molecule has 0 heterocycles. The first-order chi connectivity index (χ1) is 9.01. The highest BCUT2D eigenvalue weighted by molar-refractivity contribution is 9.10. The zero-order valence-electron chi connectivity index (χ0n) is 9.59. The van der Waals surface area contributed by atoms with E-state index in [4.69, 9.17) is 33.7 Å². The molecule has 0 atom stereocenters. The van der Waals surface area contributed by atoms with Crippen LogP contribution in [0.4, 0.5) is 4.39 Å². The first kappa shape index (κ1) is 14.6. The van der Waals surface area contributed by atoms with E-state index in [2.05, 4.69) is 15.9 Å². The van der Waals surface area contributed by atoms with E-state index in [-0.39, 0.29) is 5.02 Å². The number of hydrogen-bond donors (Lipinski definition) is 1. The van der Waals surface area contributed by atoms with Crippen LogP contribution in [0.25, 0.3) is 0 Å². The van der Waals surface area contributed by atoms with Crippen LogP contribution < -0.4 is 10.5 Å². The molecule has 2 aromatic rings. The van der Waals surface area contributed by atoms with Crippen molar-refractivity contribution in [2.45, 2.75) is 6.54 Å².